The Balaban J connectivity index is 3.80. The second-order valence-electron chi connectivity index (χ2n) is 2.80. The summed E-state index contributed by atoms with van der Waals surface area (Å²) in [5, 5.41) is 10.1. The van der Waals surface area contributed by atoms with Gasteiger partial charge in [-0.1, -0.05) is 13.8 Å². The highest BCUT2D eigenvalue weighted by atomic mass is 32.1. The molecule has 0 aromatic carbocycles. The predicted octanol–water partition coefficient (Wildman–Crippen LogP) is 0.142. The first-order chi connectivity index (χ1) is 5.45. The van der Waals surface area contributed by atoms with E-state index in [1.807, 2.05) is 13.8 Å². The van der Waals surface area contributed by atoms with Crippen molar-refractivity contribution >= 4 is 24.5 Å². The first-order valence-electron chi connectivity index (χ1n) is 3.62. The van der Waals surface area contributed by atoms with E-state index < -0.39 is 11.2 Å². The lowest BCUT2D eigenvalue weighted by molar-refractivity contribution is -0.137. The zero-order chi connectivity index (χ0) is 9.72. The van der Waals surface area contributed by atoms with Crippen LogP contribution in [0.2, 0.25) is 0 Å². The fourth-order valence-corrected chi connectivity index (χ4v) is 0.661. The molecular formula is C7H13NO3S. The monoisotopic (exact) mass is 191 g/mol. The number of hydrogen-bond acceptors (Lipinski definition) is 3. The second-order valence-corrected chi connectivity index (χ2v) is 3.36. The van der Waals surface area contributed by atoms with Crippen molar-refractivity contribution in [1.82, 2.24) is 5.32 Å². The molecule has 1 unspecified atom stereocenters. The molecule has 0 saturated carbocycles. The second kappa shape index (κ2) is 5.03. The molecule has 4 nitrogen and oxygen atoms in total. The zero-order valence-corrected chi connectivity index (χ0v) is 7.97. The minimum Gasteiger partial charge on any atom is -0.480 e. The average Bonchev–Trinajstić information content (AvgIpc) is 1.98. The maximum absolute atomic E-state index is 11.0. The molecule has 0 aliphatic rings. The van der Waals surface area contributed by atoms with Crippen LogP contribution in [0.1, 0.15) is 13.8 Å². The summed E-state index contributed by atoms with van der Waals surface area (Å²) in [6, 6.07) is 0. The van der Waals surface area contributed by atoms with E-state index in [4.69, 9.17) is 5.11 Å². The smallest absolute Gasteiger partial charge is 0.322 e. The molecule has 0 spiro atoms. The number of hydrogen-bond donors (Lipinski definition) is 3. The van der Waals surface area contributed by atoms with Crippen LogP contribution in [-0.2, 0) is 9.59 Å². The molecule has 70 valence electrons. The first kappa shape index (κ1) is 11.3. The van der Waals surface area contributed by atoms with Crippen LogP contribution in [0.15, 0.2) is 0 Å². The van der Waals surface area contributed by atoms with Gasteiger partial charge in [0.15, 0.2) is 0 Å². The largest absolute Gasteiger partial charge is 0.480 e. The van der Waals surface area contributed by atoms with Gasteiger partial charge < -0.3 is 10.4 Å². The fourth-order valence-electron chi connectivity index (χ4n) is 0.570. The molecule has 0 heterocycles. The minimum absolute atomic E-state index is 0.0992. The third-order valence-electron chi connectivity index (χ3n) is 1.31. The first-order valence-corrected chi connectivity index (χ1v) is 4.14. The van der Waals surface area contributed by atoms with E-state index in [2.05, 4.69) is 17.9 Å². The van der Waals surface area contributed by atoms with E-state index in [9.17, 15) is 9.59 Å². The fraction of sp³-hybridized carbons (Fsp3) is 0.714. The quantitative estimate of drug-likeness (QED) is 0.554. The van der Waals surface area contributed by atoms with Gasteiger partial charge in [0.1, 0.15) is 6.54 Å². The SMILES string of the molecule is CC(C)C(S)C(=O)NCC(=O)O. The number of nitrogens with one attached hydrogen (secondary N) is 1. The molecule has 0 bridgehead atoms. The average molecular weight is 191 g/mol. The van der Waals surface area contributed by atoms with Crippen molar-refractivity contribution in [2.24, 2.45) is 5.92 Å². The van der Waals surface area contributed by atoms with Crippen LogP contribution < -0.4 is 5.32 Å². The van der Waals surface area contributed by atoms with Crippen LogP contribution in [-0.4, -0.2) is 28.8 Å². The summed E-state index contributed by atoms with van der Waals surface area (Å²) >= 11 is 4.02. The Bertz CT molecular complexity index is 181. The summed E-state index contributed by atoms with van der Waals surface area (Å²) in [4.78, 5) is 21.1. The van der Waals surface area contributed by atoms with E-state index in [-0.39, 0.29) is 18.4 Å². The molecule has 0 fully saturated rings. The van der Waals surface area contributed by atoms with Gasteiger partial charge in [-0.15, -0.1) is 0 Å². The van der Waals surface area contributed by atoms with Crippen LogP contribution in [0.5, 0.6) is 0 Å². The summed E-state index contributed by atoms with van der Waals surface area (Å²) in [5.74, 6) is -1.29. The molecule has 1 amide bonds. The van der Waals surface area contributed by atoms with Crippen LogP contribution in [0, 0.1) is 5.92 Å². The van der Waals surface area contributed by atoms with Crippen LogP contribution in [0.4, 0.5) is 0 Å². The van der Waals surface area contributed by atoms with Gasteiger partial charge in [-0.2, -0.15) is 12.6 Å². The van der Waals surface area contributed by atoms with E-state index in [0.29, 0.717) is 0 Å². The number of amides is 1. The molecule has 0 aliphatic carbocycles. The Kier molecular flexibility index (Phi) is 4.73. The van der Waals surface area contributed by atoms with Gasteiger partial charge in [0.25, 0.3) is 0 Å². The van der Waals surface area contributed by atoms with Gasteiger partial charge in [0.05, 0.1) is 5.25 Å². The predicted molar refractivity (Wildman–Crippen MR) is 48.3 cm³/mol. The Labute approximate surface area is 76.8 Å². The number of rotatable bonds is 4. The summed E-state index contributed by atoms with van der Waals surface area (Å²) in [7, 11) is 0. The van der Waals surface area contributed by atoms with E-state index in [1.165, 1.54) is 0 Å². The normalized spacial score (nSPS) is 12.7. The van der Waals surface area contributed by atoms with Crippen molar-refractivity contribution in [3.05, 3.63) is 0 Å². The number of carbonyl (C=O) groups excluding carboxylic acids is 1. The Hall–Kier alpha value is -0.710. The van der Waals surface area contributed by atoms with Gasteiger partial charge in [-0.3, -0.25) is 9.59 Å². The summed E-state index contributed by atoms with van der Waals surface area (Å²) < 4.78 is 0. The maximum Gasteiger partial charge on any atom is 0.322 e. The third kappa shape index (κ3) is 4.23. The Morgan fingerprint density at radius 1 is 1.50 bits per heavy atom. The highest BCUT2D eigenvalue weighted by molar-refractivity contribution is 7.81. The van der Waals surface area contributed by atoms with Gasteiger partial charge in [-0.05, 0) is 5.92 Å². The van der Waals surface area contributed by atoms with Crippen molar-refractivity contribution in [3.63, 3.8) is 0 Å². The highest BCUT2D eigenvalue weighted by Gasteiger charge is 2.17. The molecule has 0 rings (SSSR count). The molecule has 1 atom stereocenters. The third-order valence-corrected chi connectivity index (χ3v) is 2.14. The molecule has 0 aliphatic heterocycles. The molecule has 5 heteroatoms. The van der Waals surface area contributed by atoms with E-state index in [1.54, 1.807) is 0 Å². The summed E-state index contributed by atoms with van der Waals surface area (Å²) in [6.45, 7) is 3.35. The zero-order valence-electron chi connectivity index (χ0n) is 7.07. The van der Waals surface area contributed by atoms with Crippen molar-refractivity contribution in [2.75, 3.05) is 6.54 Å². The van der Waals surface area contributed by atoms with Crippen molar-refractivity contribution in [2.45, 2.75) is 19.1 Å². The Morgan fingerprint density at radius 3 is 2.33 bits per heavy atom. The van der Waals surface area contributed by atoms with Gasteiger partial charge in [-0.25, -0.2) is 0 Å². The molecule has 0 radical (unpaired) electrons. The molecule has 0 aromatic rings. The number of carbonyl (C=O) groups is 2. The lowest BCUT2D eigenvalue weighted by atomic mass is 10.1. The lowest BCUT2D eigenvalue weighted by Crippen LogP contribution is -2.37. The van der Waals surface area contributed by atoms with Gasteiger partial charge in [0.2, 0.25) is 5.91 Å². The van der Waals surface area contributed by atoms with Gasteiger partial charge in [0, 0.05) is 0 Å². The number of thiol groups is 1. The number of carboxylic acid groups (broad SMARTS) is 1. The highest BCUT2D eigenvalue weighted by Crippen LogP contribution is 2.07. The topological polar surface area (TPSA) is 66.4 Å². The molecule has 12 heavy (non-hydrogen) atoms. The van der Waals surface area contributed by atoms with Crippen LogP contribution in [0.3, 0.4) is 0 Å². The van der Waals surface area contributed by atoms with E-state index >= 15 is 0 Å². The minimum atomic E-state index is -1.05. The summed E-state index contributed by atoms with van der Waals surface area (Å²) in [6.07, 6.45) is 0. The maximum atomic E-state index is 11.0. The van der Waals surface area contributed by atoms with Gasteiger partial charge >= 0.3 is 5.97 Å². The molecule has 0 aromatic heterocycles. The van der Waals surface area contributed by atoms with Crippen LogP contribution in [0.25, 0.3) is 0 Å². The molecule has 0 saturated heterocycles. The van der Waals surface area contributed by atoms with Crippen molar-refractivity contribution in [1.29, 1.82) is 0 Å². The van der Waals surface area contributed by atoms with Crippen LogP contribution >= 0.6 is 12.6 Å². The summed E-state index contributed by atoms with van der Waals surface area (Å²) in [5.41, 5.74) is 0. The van der Waals surface area contributed by atoms with Crippen molar-refractivity contribution in [3.8, 4) is 0 Å². The van der Waals surface area contributed by atoms with Crippen molar-refractivity contribution < 1.29 is 14.7 Å². The number of aliphatic carboxylic acids is 1. The molecular weight excluding hydrogens is 178 g/mol. The molecule has 2 N–H and O–H groups in total. The standard InChI is InChI=1S/C7H13NO3S/c1-4(2)6(12)7(11)8-3-5(9)10/h4,6,12H,3H2,1-2H3,(H,8,11)(H,9,10). The lowest BCUT2D eigenvalue weighted by Gasteiger charge is -2.13. The van der Waals surface area contributed by atoms with E-state index in [0.717, 1.165) is 0 Å². The Morgan fingerprint density at radius 2 is 2.00 bits per heavy atom. The number of carboxylic acids is 1.